The van der Waals surface area contributed by atoms with Crippen molar-refractivity contribution < 1.29 is 8.42 Å². The van der Waals surface area contributed by atoms with Gasteiger partial charge in [-0.15, -0.1) is 20.5 Å². The van der Waals surface area contributed by atoms with Crippen LogP contribution in [0.5, 0.6) is 0 Å². The summed E-state index contributed by atoms with van der Waals surface area (Å²) in [6, 6.07) is 19.9. The molecule has 0 spiro atoms. The number of hydrogen-bond acceptors (Lipinski definition) is 6. The van der Waals surface area contributed by atoms with E-state index in [4.69, 9.17) is 0 Å². The topological polar surface area (TPSA) is 76.9 Å². The van der Waals surface area contributed by atoms with E-state index in [1.807, 2.05) is 54.8 Å². The molecule has 0 unspecified atom stereocenters. The molecule has 1 N–H and O–H groups in total. The van der Waals surface area contributed by atoms with Crippen LogP contribution in [0.25, 0.3) is 11.4 Å². The predicted molar refractivity (Wildman–Crippen MR) is 111 cm³/mol. The molecule has 6 nitrogen and oxygen atoms in total. The third kappa shape index (κ3) is 3.69. The van der Waals surface area contributed by atoms with Gasteiger partial charge in [0.1, 0.15) is 0 Å². The zero-order valence-corrected chi connectivity index (χ0v) is 16.7. The van der Waals surface area contributed by atoms with Gasteiger partial charge in [0, 0.05) is 10.4 Å². The second-order valence-corrected chi connectivity index (χ2v) is 9.02. The summed E-state index contributed by atoms with van der Waals surface area (Å²) in [6.07, 6.45) is 0. The molecular formula is C20H18N4O2S2. The van der Waals surface area contributed by atoms with Gasteiger partial charge < -0.3 is 5.32 Å². The molecule has 0 bridgehead atoms. The maximum absolute atomic E-state index is 13.2. The number of rotatable bonds is 6. The van der Waals surface area contributed by atoms with Crippen LogP contribution in [0, 0.1) is 6.92 Å². The number of hydrogen-bond donors (Lipinski definition) is 1. The predicted octanol–water partition coefficient (Wildman–Crippen LogP) is 4.16. The van der Waals surface area contributed by atoms with Crippen LogP contribution < -0.4 is 5.32 Å². The molecule has 4 rings (SSSR count). The van der Waals surface area contributed by atoms with Crippen LogP contribution in [0.2, 0.25) is 0 Å². The van der Waals surface area contributed by atoms with Crippen molar-refractivity contribution in [2.45, 2.75) is 18.4 Å². The van der Waals surface area contributed by atoms with E-state index in [9.17, 15) is 8.42 Å². The van der Waals surface area contributed by atoms with Crippen molar-refractivity contribution in [2.75, 3.05) is 5.32 Å². The van der Waals surface area contributed by atoms with Gasteiger partial charge in [-0.3, -0.25) is 0 Å². The normalized spacial score (nSPS) is 11.5. The standard InChI is InChI=1S/C20H18N4O2S2/c1-15-9-11-18(12-10-15)28(25,26)24-20(21-14-17-8-5-13-27-17)22-19(23-24)16-6-3-2-4-7-16/h2-13H,14H2,1H3,(H,21,22,23). The molecule has 142 valence electrons. The average Bonchev–Trinajstić information content (AvgIpc) is 3.37. The molecule has 0 amide bonds. The van der Waals surface area contributed by atoms with Crippen molar-refractivity contribution in [1.82, 2.24) is 14.2 Å². The molecule has 0 fully saturated rings. The van der Waals surface area contributed by atoms with Gasteiger partial charge in [0.2, 0.25) is 5.95 Å². The first-order chi connectivity index (χ1) is 13.5. The minimum absolute atomic E-state index is 0.168. The highest BCUT2D eigenvalue weighted by Gasteiger charge is 2.24. The fourth-order valence-corrected chi connectivity index (χ4v) is 4.51. The number of thiophene rings is 1. The van der Waals surface area contributed by atoms with E-state index >= 15 is 0 Å². The molecule has 8 heteroatoms. The first kappa shape index (κ1) is 18.4. The first-order valence-electron chi connectivity index (χ1n) is 8.65. The van der Waals surface area contributed by atoms with Gasteiger partial charge in [-0.05, 0) is 30.5 Å². The number of aryl methyl sites for hydroxylation is 1. The van der Waals surface area contributed by atoms with Gasteiger partial charge in [-0.1, -0.05) is 54.1 Å². The SMILES string of the molecule is Cc1ccc(S(=O)(=O)n2nc(-c3ccccc3)nc2NCc2cccs2)cc1. The molecule has 0 aliphatic carbocycles. The summed E-state index contributed by atoms with van der Waals surface area (Å²) in [5.74, 6) is 0.540. The highest BCUT2D eigenvalue weighted by atomic mass is 32.2. The molecule has 2 aromatic carbocycles. The van der Waals surface area contributed by atoms with E-state index in [2.05, 4.69) is 15.4 Å². The lowest BCUT2D eigenvalue weighted by molar-refractivity contribution is 0.580. The molecular weight excluding hydrogens is 392 g/mol. The van der Waals surface area contributed by atoms with Gasteiger partial charge >= 0.3 is 0 Å². The van der Waals surface area contributed by atoms with Crippen LogP contribution in [0.15, 0.2) is 77.0 Å². The van der Waals surface area contributed by atoms with Crippen LogP contribution in [-0.2, 0) is 16.6 Å². The Hall–Kier alpha value is -2.97. The third-order valence-corrected chi connectivity index (χ3v) is 6.61. The summed E-state index contributed by atoms with van der Waals surface area (Å²) in [4.78, 5) is 5.70. The molecule has 0 saturated carbocycles. The number of benzene rings is 2. The molecule has 0 saturated heterocycles. The summed E-state index contributed by atoms with van der Waals surface area (Å²) in [5, 5.41) is 9.40. The summed E-state index contributed by atoms with van der Waals surface area (Å²) in [7, 11) is -3.88. The first-order valence-corrected chi connectivity index (χ1v) is 11.0. The summed E-state index contributed by atoms with van der Waals surface area (Å²) in [6.45, 7) is 2.38. The second kappa shape index (κ2) is 7.57. The Morgan fingerprint density at radius 3 is 2.43 bits per heavy atom. The van der Waals surface area contributed by atoms with Crippen LogP contribution >= 0.6 is 11.3 Å². The van der Waals surface area contributed by atoms with Crippen LogP contribution in [0.1, 0.15) is 10.4 Å². The van der Waals surface area contributed by atoms with Crippen molar-refractivity contribution in [2.24, 2.45) is 0 Å². The fourth-order valence-electron chi connectivity index (χ4n) is 2.67. The van der Waals surface area contributed by atoms with Crippen LogP contribution in [0.3, 0.4) is 0 Å². The minimum atomic E-state index is -3.88. The lowest BCUT2D eigenvalue weighted by Gasteiger charge is -2.08. The van der Waals surface area contributed by atoms with Crippen molar-refractivity contribution >= 4 is 27.3 Å². The van der Waals surface area contributed by atoms with E-state index in [0.717, 1.165) is 20.1 Å². The summed E-state index contributed by atoms with van der Waals surface area (Å²) in [5.41, 5.74) is 1.73. The van der Waals surface area contributed by atoms with Crippen molar-refractivity contribution in [1.29, 1.82) is 0 Å². The van der Waals surface area contributed by atoms with Crippen molar-refractivity contribution in [3.8, 4) is 11.4 Å². The highest BCUT2D eigenvalue weighted by molar-refractivity contribution is 7.90. The smallest absolute Gasteiger partial charge is 0.286 e. The largest absolute Gasteiger partial charge is 0.349 e. The number of anilines is 1. The monoisotopic (exact) mass is 410 g/mol. The zero-order chi connectivity index (χ0) is 19.6. The Morgan fingerprint density at radius 1 is 1.00 bits per heavy atom. The van der Waals surface area contributed by atoms with Crippen LogP contribution in [-0.4, -0.2) is 22.6 Å². The Kier molecular flexibility index (Phi) is 4.97. The average molecular weight is 411 g/mol. The van der Waals surface area contributed by atoms with E-state index in [1.165, 1.54) is 0 Å². The molecule has 28 heavy (non-hydrogen) atoms. The van der Waals surface area contributed by atoms with Gasteiger partial charge in [0.15, 0.2) is 5.82 Å². The van der Waals surface area contributed by atoms with E-state index in [-0.39, 0.29) is 10.8 Å². The molecule has 2 aromatic heterocycles. The van der Waals surface area contributed by atoms with E-state index in [1.54, 1.807) is 35.6 Å². The summed E-state index contributed by atoms with van der Waals surface area (Å²) < 4.78 is 27.4. The molecule has 0 atom stereocenters. The van der Waals surface area contributed by atoms with E-state index < -0.39 is 10.0 Å². The Balaban J connectivity index is 1.77. The van der Waals surface area contributed by atoms with Gasteiger partial charge in [-0.2, -0.15) is 13.4 Å². The van der Waals surface area contributed by atoms with Crippen LogP contribution in [0.4, 0.5) is 5.95 Å². The van der Waals surface area contributed by atoms with Gasteiger partial charge in [0.25, 0.3) is 10.0 Å². The lowest BCUT2D eigenvalue weighted by Crippen LogP contribution is -2.18. The lowest BCUT2D eigenvalue weighted by atomic mass is 10.2. The Labute approximate surface area is 167 Å². The number of aromatic nitrogens is 3. The van der Waals surface area contributed by atoms with Gasteiger partial charge in [0.05, 0.1) is 11.4 Å². The maximum atomic E-state index is 13.2. The molecule has 0 aliphatic rings. The maximum Gasteiger partial charge on any atom is 0.286 e. The molecule has 4 aromatic rings. The number of nitrogens with zero attached hydrogens (tertiary/aromatic N) is 3. The minimum Gasteiger partial charge on any atom is -0.349 e. The Bertz CT molecular complexity index is 1170. The quantitative estimate of drug-likeness (QED) is 0.516. The highest BCUT2D eigenvalue weighted by Crippen LogP contribution is 2.23. The Morgan fingerprint density at radius 2 is 1.75 bits per heavy atom. The van der Waals surface area contributed by atoms with Crippen molar-refractivity contribution in [3.05, 3.63) is 82.6 Å². The molecule has 2 heterocycles. The second-order valence-electron chi connectivity index (χ2n) is 6.22. The zero-order valence-electron chi connectivity index (χ0n) is 15.1. The van der Waals surface area contributed by atoms with Crippen molar-refractivity contribution in [3.63, 3.8) is 0 Å². The third-order valence-electron chi connectivity index (χ3n) is 4.16. The molecule has 0 aliphatic heterocycles. The van der Waals surface area contributed by atoms with E-state index in [0.29, 0.717) is 12.4 Å². The summed E-state index contributed by atoms with van der Waals surface area (Å²) >= 11 is 1.59. The fraction of sp³-hybridized carbons (Fsp3) is 0.100. The number of nitrogens with one attached hydrogen (secondary N) is 1. The van der Waals surface area contributed by atoms with Gasteiger partial charge in [-0.25, -0.2) is 0 Å². The molecule has 0 radical (unpaired) electrons.